The van der Waals surface area contributed by atoms with Crippen molar-refractivity contribution in [3.8, 4) is 0 Å². The van der Waals surface area contributed by atoms with Crippen LogP contribution in [0.5, 0.6) is 0 Å². The van der Waals surface area contributed by atoms with E-state index in [1.165, 1.54) is 38.5 Å². The highest BCUT2D eigenvalue weighted by molar-refractivity contribution is 4.78. The summed E-state index contributed by atoms with van der Waals surface area (Å²) in [6.07, 6.45) is 8.08. The molecule has 1 rings (SSSR count). The number of hydrogen-bond donors (Lipinski definition) is 1. The lowest BCUT2D eigenvalue weighted by atomic mass is 9.91. The molecule has 0 bridgehead atoms. The van der Waals surface area contributed by atoms with Gasteiger partial charge in [-0.3, -0.25) is 0 Å². The predicted octanol–water partition coefficient (Wildman–Crippen LogP) is 2.94. The summed E-state index contributed by atoms with van der Waals surface area (Å²) < 4.78 is 0. The van der Waals surface area contributed by atoms with E-state index >= 15 is 0 Å². The third kappa shape index (κ3) is 3.14. The first-order valence-corrected chi connectivity index (χ1v) is 5.48. The van der Waals surface area contributed by atoms with Gasteiger partial charge in [-0.25, -0.2) is 0 Å². The summed E-state index contributed by atoms with van der Waals surface area (Å²) in [6.45, 7) is 4.66. The zero-order valence-corrected chi connectivity index (χ0v) is 8.55. The van der Waals surface area contributed by atoms with Crippen LogP contribution < -0.4 is 5.73 Å². The standard InChI is InChI=1S/C11H23N/c1-3-4-9(2)7-10-5-6-11(12)8-10/h9-11H,3-8,12H2,1-2H3. The molecular weight excluding hydrogens is 146 g/mol. The molecule has 12 heavy (non-hydrogen) atoms. The van der Waals surface area contributed by atoms with Crippen molar-refractivity contribution in [3.05, 3.63) is 0 Å². The molecule has 3 unspecified atom stereocenters. The molecule has 1 saturated carbocycles. The van der Waals surface area contributed by atoms with Gasteiger partial charge in [-0.15, -0.1) is 0 Å². The van der Waals surface area contributed by atoms with Gasteiger partial charge in [0.1, 0.15) is 0 Å². The second-order valence-corrected chi connectivity index (χ2v) is 4.57. The van der Waals surface area contributed by atoms with E-state index in [4.69, 9.17) is 5.73 Å². The maximum atomic E-state index is 5.87. The Bertz CT molecular complexity index is 122. The second-order valence-electron chi connectivity index (χ2n) is 4.57. The van der Waals surface area contributed by atoms with Gasteiger partial charge >= 0.3 is 0 Å². The lowest BCUT2D eigenvalue weighted by Crippen LogP contribution is -2.15. The Hall–Kier alpha value is -0.0400. The molecule has 0 aromatic rings. The fraction of sp³-hybridized carbons (Fsp3) is 1.00. The van der Waals surface area contributed by atoms with Gasteiger partial charge in [0, 0.05) is 6.04 Å². The van der Waals surface area contributed by atoms with Crippen molar-refractivity contribution in [2.75, 3.05) is 0 Å². The van der Waals surface area contributed by atoms with Crippen LogP contribution in [-0.4, -0.2) is 6.04 Å². The topological polar surface area (TPSA) is 26.0 Å². The summed E-state index contributed by atoms with van der Waals surface area (Å²) in [5.41, 5.74) is 5.87. The lowest BCUT2D eigenvalue weighted by molar-refractivity contribution is 0.374. The van der Waals surface area contributed by atoms with E-state index in [1.807, 2.05) is 0 Å². The fourth-order valence-electron chi connectivity index (χ4n) is 2.51. The van der Waals surface area contributed by atoms with E-state index in [0.717, 1.165) is 11.8 Å². The molecule has 0 radical (unpaired) electrons. The van der Waals surface area contributed by atoms with Crippen molar-refractivity contribution < 1.29 is 0 Å². The maximum Gasteiger partial charge on any atom is 0.00415 e. The van der Waals surface area contributed by atoms with E-state index in [2.05, 4.69) is 13.8 Å². The fourth-order valence-corrected chi connectivity index (χ4v) is 2.51. The van der Waals surface area contributed by atoms with Gasteiger partial charge < -0.3 is 5.73 Å². The smallest absolute Gasteiger partial charge is 0.00415 e. The molecule has 1 nitrogen and oxygen atoms in total. The molecule has 0 saturated heterocycles. The average Bonchev–Trinajstić information content (AvgIpc) is 2.36. The molecule has 0 spiro atoms. The van der Waals surface area contributed by atoms with Gasteiger partial charge in [0.05, 0.1) is 0 Å². The number of hydrogen-bond acceptors (Lipinski definition) is 1. The molecule has 72 valence electrons. The third-order valence-corrected chi connectivity index (χ3v) is 3.10. The first-order valence-electron chi connectivity index (χ1n) is 5.48. The molecule has 2 N–H and O–H groups in total. The van der Waals surface area contributed by atoms with Gasteiger partial charge in [-0.05, 0) is 37.5 Å². The minimum atomic E-state index is 0.517. The molecular formula is C11H23N. The predicted molar refractivity (Wildman–Crippen MR) is 54.0 cm³/mol. The zero-order chi connectivity index (χ0) is 8.97. The molecule has 3 atom stereocenters. The molecule has 0 amide bonds. The quantitative estimate of drug-likeness (QED) is 0.688. The minimum absolute atomic E-state index is 0.517. The Morgan fingerprint density at radius 2 is 2.17 bits per heavy atom. The van der Waals surface area contributed by atoms with Gasteiger partial charge in [0.2, 0.25) is 0 Å². The average molecular weight is 169 g/mol. The highest BCUT2D eigenvalue weighted by atomic mass is 14.6. The highest BCUT2D eigenvalue weighted by Gasteiger charge is 2.22. The first kappa shape index (κ1) is 10.0. The third-order valence-electron chi connectivity index (χ3n) is 3.10. The van der Waals surface area contributed by atoms with Gasteiger partial charge in [0.15, 0.2) is 0 Å². The van der Waals surface area contributed by atoms with E-state index in [-0.39, 0.29) is 0 Å². The molecule has 0 aromatic heterocycles. The van der Waals surface area contributed by atoms with Crippen LogP contribution in [-0.2, 0) is 0 Å². The maximum absolute atomic E-state index is 5.87. The van der Waals surface area contributed by atoms with E-state index in [0.29, 0.717) is 6.04 Å². The second kappa shape index (κ2) is 4.86. The van der Waals surface area contributed by atoms with Crippen LogP contribution in [0.15, 0.2) is 0 Å². The Kier molecular flexibility index (Phi) is 4.07. The summed E-state index contributed by atoms with van der Waals surface area (Å²) in [7, 11) is 0. The zero-order valence-electron chi connectivity index (χ0n) is 8.55. The summed E-state index contributed by atoms with van der Waals surface area (Å²) in [4.78, 5) is 0. The van der Waals surface area contributed by atoms with Crippen LogP contribution in [0.1, 0.15) is 52.4 Å². The first-order chi connectivity index (χ1) is 5.72. The van der Waals surface area contributed by atoms with Gasteiger partial charge in [-0.1, -0.05) is 26.7 Å². The molecule has 1 fully saturated rings. The Balaban J connectivity index is 2.14. The summed E-state index contributed by atoms with van der Waals surface area (Å²) >= 11 is 0. The van der Waals surface area contributed by atoms with Crippen molar-refractivity contribution in [2.24, 2.45) is 17.6 Å². The van der Waals surface area contributed by atoms with Crippen molar-refractivity contribution >= 4 is 0 Å². The SMILES string of the molecule is CCCC(C)CC1CCC(N)C1. The Morgan fingerprint density at radius 3 is 2.67 bits per heavy atom. The largest absolute Gasteiger partial charge is 0.328 e. The molecule has 0 aliphatic heterocycles. The monoisotopic (exact) mass is 169 g/mol. The van der Waals surface area contributed by atoms with Crippen LogP contribution in [0.4, 0.5) is 0 Å². The van der Waals surface area contributed by atoms with Crippen molar-refractivity contribution in [3.63, 3.8) is 0 Å². The van der Waals surface area contributed by atoms with Crippen molar-refractivity contribution in [1.82, 2.24) is 0 Å². The Morgan fingerprint density at radius 1 is 1.42 bits per heavy atom. The summed E-state index contributed by atoms with van der Waals surface area (Å²) in [5.74, 6) is 1.87. The van der Waals surface area contributed by atoms with Gasteiger partial charge in [0.25, 0.3) is 0 Å². The van der Waals surface area contributed by atoms with Crippen molar-refractivity contribution in [2.45, 2.75) is 58.4 Å². The highest BCUT2D eigenvalue weighted by Crippen LogP contribution is 2.30. The number of rotatable bonds is 4. The van der Waals surface area contributed by atoms with Crippen LogP contribution in [0.2, 0.25) is 0 Å². The molecule has 1 aliphatic carbocycles. The molecule has 1 aliphatic rings. The summed E-state index contributed by atoms with van der Waals surface area (Å²) in [5, 5.41) is 0. The molecule has 0 heterocycles. The lowest BCUT2D eigenvalue weighted by Gasteiger charge is -2.15. The van der Waals surface area contributed by atoms with Crippen LogP contribution in [0.25, 0.3) is 0 Å². The molecule has 1 heteroatoms. The normalized spacial score (nSPS) is 32.2. The van der Waals surface area contributed by atoms with Crippen molar-refractivity contribution in [1.29, 1.82) is 0 Å². The van der Waals surface area contributed by atoms with E-state index in [1.54, 1.807) is 0 Å². The number of nitrogens with two attached hydrogens (primary N) is 1. The molecule has 0 aromatic carbocycles. The van der Waals surface area contributed by atoms with Crippen LogP contribution in [0, 0.1) is 11.8 Å². The minimum Gasteiger partial charge on any atom is -0.328 e. The van der Waals surface area contributed by atoms with E-state index in [9.17, 15) is 0 Å². The van der Waals surface area contributed by atoms with E-state index < -0.39 is 0 Å². The van der Waals surface area contributed by atoms with Gasteiger partial charge in [-0.2, -0.15) is 0 Å². The summed E-state index contributed by atoms with van der Waals surface area (Å²) in [6, 6.07) is 0.517. The van der Waals surface area contributed by atoms with Crippen LogP contribution in [0.3, 0.4) is 0 Å². The van der Waals surface area contributed by atoms with Crippen LogP contribution >= 0.6 is 0 Å². The Labute approximate surface area is 76.7 Å².